The summed E-state index contributed by atoms with van der Waals surface area (Å²) in [4.78, 5) is 27.7. The first-order valence-electron chi connectivity index (χ1n) is 9.69. The summed E-state index contributed by atoms with van der Waals surface area (Å²) in [6, 6.07) is 24.2. The highest BCUT2D eigenvalue weighted by molar-refractivity contribution is 9.10. The minimum atomic E-state index is -0.750. The van der Waals surface area contributed by atoms with Gasteiger partial charge in [0, 0.05) is 15.7 Å². The van der Waals surface area contributed by atoms with E-state index >= 15 is 0 Å². The number of hydrogen-bond acceptors (Lipinski definition) is 3. The molecule has 3 aromatic carbocycles. The van der Waals surface area contributed by atoms with Crippen LogP contribution >= 0.6 is 15.9 Å². The zero-order valence-corrected chi connectivity index (χ0v) is 18.0. The van der Waals surface area contributed by atoms with E-state index in [1.165, 1.54) is 0 Å². The average Bonchev–Trinajstić information content (AvgIpc) is 2.90. The highest BCUT2D eigenvalue weighted by Crippen LogP contribution is 2.37. The molecule has 1 heterocycles. The fourth-order valence-corrected chi connectivity index (χ4v) is 4.04. The van der Waals surface area contributed by atoms with Crippen LogP contribution < -0.4 is 10.1 Å². The minimum Gasteiger partial charge on any atom is -0.481 e. The molecule has 1 aliphatic rings. The zero-order valence-electron chi connectivity index (χ0n) is 16.4. The molecule has 30 heavy (non-hydrogen) atoms. The van der Waals surface area contributed by atoms with Gasteiger partial charge >= 0.3 is 0 Å². The van der Waals surface area contributed by atoms with Crippen molar-refractivity contribution in [3.63, 3.8) is 0 Å². The number of hydrogen-bond donors (Lipinski definition) is 1. The van der Waals surface area contributed by atoms with Crippen LogP contribution in [0.2, 0.25) is 0 Å². The number of fused-ring (bicyclic) bond motifs is 1. The number of rotatable bonds is 4. The Kier molecular flexibility index (Phi) is 5.86. The molecule has 2 amide bonds. The number of halogens is 1. The van der Waals surface area contributed by atoms with Crippen molar-refractivity contribution >= 4 is 33.4 Å². The van der Waals surface area contributed by atoms with Crippen LogP contribution in [0.4, 0.5) is 5.69 Å². The molecule has 0 fully saturated rings. The smallest absolute Gasteiger partial charge is 0.264 e. The quantitative estimate of drug-likeness (QED) is 0.603. The number of anilines is 1. The third kappa shape index (κ3) is 4.24. The third-order valence-corrected chi connectivity index (χ3v) is 5.50. The summed E-state index contributed by atoms with van der Waals surface area (Å²) in [5.74, 6) is 0.116. The molecule has 5 nitrogen and oxygen atoms in total. The van der Waals surface area contributed by atoms with E-state index in [2.05, 4.69) is 21.2 Å². The molecular formula is C24H21BrN2O3. The van der Waals surface area contributed by atoms with Crippen LogP contribution in [0.3, 0.4) is 0 Å². The van der Waals surface area contributed by atoms with Crippen LogP contribution in [0.15, 0.2) is 83.3 Å². The molecule has 152 valence electrons. The lowest BCUT2D eigenvalue weighted by atomic mass is 9.95. The fourth-order valence-electron chi connectivity index (χ4n) is 3.66. The summed E-state index contributed by atoms with van der Waals surface area (Å²) in [5, 5.41) is 2.93. The molecule has 0 unspecified atom stereocenters. The number of ether oxygens (including phenoxy) is 1. The van der Waals surface area contributed by atoms with Gasteiger partial charge in [-0.2, -0.15) is 0 Å². The lowest BCUT2D eigenvalue weighted by molar-refractivity contribution is -0.142. The van der Waals surface area contributed by atoms with E-state index in [1.807, 2.05) is 66.7 Å². The van der Waals surface area contributed by atoms with Crippen molar-refractivity contribution in [2.24, 2.45) is 0 Å². The Morgan fingerprint density at radius 3 is 2.43 bits per heavy atom. The van der Waals surface area contributed by atoms with Gasteiger partial charge in [-0.15, -0.1) is 0 Å². The molecule has 2 atom stereocenters. The predicted octanol–water partition coefficient (Wildman–Crippen LogP) is 4.79. The standard InChI is InChI=1S/C24H21BrN2O3/c1-16(30-19-10-6-3-7-11-19)24(29)27-15-22(28)26-21-13-12-18(25)14-20(21)23(27)17-8-4-2-5-9-17/h2-14,16,23H,15H2,1H3,(H,26,28)/t16-,23-/m0/s1. The molecular weight excluding hydrogens is 444 g/mol. The molecule has 1 aliphatic heterocycles. The Bertz CT molecular complexity index is 1060. The van der Waals surface area contributed by atoms with Gasteiger partial charge in [-0.05, 0) is 42.8 Å². The lowest BCUT2D eigenvalue weighted by Gasteiger charge is -2.32. The second-order valence-electron chi connectivity index (χ2n) is 7.13. The van der Waals surface area contributed by atoms with Crippen molar-refractivity contribution in [2.45, 2.75) is 19.1 Å². The van der Waals surface area contributed by atoms with E-state index in [0.717, 1.165) is 15.6 Å². The zero-order chi connectivity index (χ0) is 21.1. The summed E-state index contributed by atoms with van der Waals surface area (Å²) < 4.78 is 6.74. The summed E-state index contributed by atoms with van der Waals surface area (Å²) in [6.45, 7) is 1.65. The van der Waals surface area contributed by atoms with Crippen molar-refractivity contribution in [1.82, 2.24) is 4.90 Å². The molecule has 4 rings (SSSR count). The number of benzene rings is 3. The van der Waals surface area contributed by atoms with Gasteiger partial charge in [-0.3, -0.25) is 9.59 Å². The molecule has 0 saturated carbocycles. The van der Waals surface area contributed by atoms with E-state index in [4.69, 9.17) is 4.74 Å². The van der Waals surface area contributed by atoms with Crippen molar-refractivity contribution in [2.75, 3.05) is 11.9 Å². The maximum Gasteiger partial charge on any atom is 0.264 e. The van der Waals surface area contributed by atoms with Gasteiger partial charge in [-0.1, -0.05) is 64.5 Å². The molecule has 3 aromatic rings. The molecule has 0 spiro atoms. The summed E-state index contributed by atoms with van der Waals surface area (Å²) in [7, 11) is 0. The third-order valence-electron chi connectivity index (χ3n) is 5.01. The van der Waals surface area contributed by atoms with Crippen molar-refractivity contribution < 1.29 is 14.3 Å². The lowest BCUT2D eigenvalue weighted by Crippen LogP contribution is -2.45. The number of amides is 2. The Balaban J connectivity index is 1.75. The number of carbonyl (C=O) groups is 2. The SMILES string of the molecule is C[C@H](Oc1ccccc1)C(=O)N1CC(=O)Nc2ccc(Br)cc2[C@@H]1c1ccccc1. The van der Waals surface area contributed by atoms with Gasteiger partial charge in [0.05, 0.1) is 6.04 Å². The Morgan fingerprint density at radius 2 is 1.73 bits per heavy atom. The number of carbonyl (C=O) groups excluding carboxylic acids is 2. The van der Waals surface area contributed by atoms with Gasteiger partial charge in [0.15, 0.2) is 6.10 Å². The Hall–Kier alpha value is -3.12. The maximum absolute atomic E-state index is 13.5. The van der Waals surface area contributed by atoms with Crippen LogP contribution in [-0.2, 0) is 9.59 Å². The van der Waals surface area contributed by atoms with E-state index in [0.29, 0.717) is 11.4 Å². The molecule has 1 N–H and O–H groups in total. The second kappa shape index (κ2) is 8.71. The van der Waals surface area contributed by atoms with Crippen LogP contribution in [-0.4, -0.2) is 29.4 Å². The van der Waals surface area contributed by atoms with E-state index < -0.39 is 12.1 Å². The Morgan fingerprint density at radius 1 is 1.07 bits per heavy atom. The van der Waals surface area contributed by atoms with Crippen LogP contribution in [0.25, 0.3) is 0 Å². The summed E-state index contributed by atoms with van der Waals surface area (Å²) in [6.07, 6.45) is -0.750. The van der Waals surface area contributed by atoms with Gasteiger partial charge in [0.2, 0.25) is 5.91 Å². The number of nitrogens with zero attached hydrogens (tertiary/aromatic N) is 1. The summed E-state index contributed by atoms with van der Waals surface area (Å²) >= 11 is 3.52. The summed E-state index contributed by atoms with van der Waals surface area (Å²) in [5.41, 5.74) is 2.47. The molecule has 0 aliphatic carbocycles. The Labute approximate surface area is 183 Å². The number of para-hydroxylation sites is 1. The monoisotopic (exact) mass is 464 g/mol. The fraction of sp³-hybridized carbons (Fsp3) is 0.167. The molecule has 0 bridgehead atoms. The molecule has 6 heteroatoms. The normalized spacial score (nSPS) is 16.8. The number of nitrogens with one attached hydrogen (secondary N) is 1. The highest BCUT2D eigenvalue weighted by Gasteiger charge is 2.36. The molecule has 0 saturated heterocycles. The van der Waals surface area contributed by atoms with Crippen LogP contribution in [0.1, 0.15) is 24.1 Å². The second-order valence-corrected chi connectivity index (χ2v) is 8.05. The molecule has 0 aromatic heterocycles. The highest BCUT2D eigenvalue weighted by atomic mass is 79.9. The van der Waals surface area contributed by atoms with E-state index in [-0.39, 0.29) is 18.4 Å². The topological polar surface area (TPSA) is 58.6 Å². The molecule has 0 radical (unpaired) electrons. The van der Waals surface area contributed by atoms with E-state index in [9.17, 15) is 9.59 Å². The predicted molar refractivity (Wildman–Crippen MR) is 119 cm³/mol. The van der Waals surface area contributed by atoms with Crippen LogP contribution in [0, 0.1) is 0 Å². The van der Waals surface area contributed by atoms with E-state index in [1.54, 1.807) is 24.0 Å². The first-order chi connectivity index (χ1) is 14.5. The van der Waals surface area contributed by atoms with Gasteiger partial charge in [-0.25, -0.2) is 0 Å². The maximum atomic E-state index is 13.5. The van der Waals surface area contributed by atoms with Gasteiger partial charge in [0.25, 0.3) is 5.91 Å². The van der Waals surface area contributed by atoms with Crippen molar-refractivity contribution in [3.8, 4) is 5.75 Å². The average molecular weight is 465 g/mol. The van der Waals surface area contributed by atoms with Crippen LogP contribution in [0.5, 0.6) is 5.75 Å². The minimum absolute atomic E-state index is 0.0623. The van der Waals surface area contributed by atoms with Crippen molar-refractivity contribution in [1.29, 1.82) is 0 Å². The van der Waals surface area contributed by atoms with Gasteiger partial charge < -0.3 is 15.0 Å². The largest absolute Gasteiger partial charge is 0.481 e. The first-order valence-corrected chi connectivity index (χ1v) is 10.5. The van der Waals surface area contributed by atoms with Crippen molar-refractivity contribution in [3.05, 3.63) is 94.5 Å². The first kappa shape index (κ1) is 20.2. The van der Waals surface area contributed by atoms with Gasteiger partial charge in [0.1, 0.15) is 12.3 Å².